The van der Waals surface area contributed by atoms with Gasteiger partial charge in [0, 0.05) is 9.75 Å². The summed E-state index contributed by atoms with van der Waals surface area (Å²) in [6.45, 7) is 6.69. The second-order valence-corrected chi connectivity index (χ2v) is 5.55. The van der Waals surface area contributed by atoms with Crippen molar-refractivity contribution in [2.24, 2.45) is 11.8 Å². The van der Waals surface area contributed by atoms with Crippen LogP contribution in [0.5, 0.6) is 0 Å². The van der Waals surface area contributed by atoms with Crippen LogP contribution in [-0.2, 0) is 6.42 Å². The van der Waals surface area contributed by atoms with E-state index in [0.29, 0.717) is 6.04 Å². The predicted molar refractivity (Wildman–Crippen MR) is 67.8 cm³/mol. The van der Waals surface area contributed by atoms with Gasteiger partial charge >= 0.3 is 0 Å². The molecular weight excluding hydrogens is 204 g/mol. The minimum absolute atomic E-state index is 0.331. The van der Waals surface area contributed by atoms with Crippen LogP contribution in [0.3, 0.4) is 0 Å². The van der Waals surface area contributed by atoms with Crippen molar-refractivity contribution in [3.8, 4) is 0 Å². The molecule has 86 valence electrons. The SMILES string of the molecule is CCc1ccc(C(CCC(C)C)NN)s1. The molecule has 0 fully saturated rings. The van der Waals surface area contributed by atoms with Gasteiger partial charge in [0.1, 0.15) is 0 Å². The second-order valence-electron chi connectivity index (χ2n) is 4.35. The minimum atomic E-state index is 0.331. The summed E-state index contributed by atoms with van der Waals surface area (Å²) in [4.78, 5) is 2.81. The highest BCUT2D eigenvalue weighted by Crippen LogP contribution is 2.27. The molecule has 1 aromatic heterocycles. The molecule has 1 heterocycles. The molecule has 2 nitrogen and oxygen atoms in total. The van der Waals surface area contributed by atoms with E-state index in [0.717, 1.165) is 18.8 Å². The van der Waals surface area contributed by atoms with Gasteiger partial charge in [0.05, 0.1) is 6.04 Å². The van der Waals surface area contributed by atoms with E-state index in [2.05, 4.69) is 38.3 Å². The lowest BCUT2D eigenvalue weighted by atomic mass is 10.0. The largest absolute Gasteiger partial charge is 0.271 e. The van der Waals surface area contributed by atoms with Crippen molar-refractivity contribution >= 4 is 11.3 Å². The van der Waals surface area contributed by atoms with E-state index in [9.17, 15) is 0 Å². The number of rotatable bonds is 6. The van der Waals surface area contributed by atoms with Crippen LogP contribution in [0, 0.1) is 5.92 Å². The van der Waals surface area contributed by atoms with Gasteiger partial charge in [0.15, 0.2) is 0 Å². The molecule has 0 amide bonds. The standard InChI is InChI=1S/C12H22N2S/c1-4-10-6-8-12(15-10)11(14-13)7-5-9(2)3/h6,8-9,11,14H,4-5,7,13H2,1-3H3. The van der Waals surface area contributed by atoms with Crippen LogP contribution in [0.25, 0.3) is 0 Å². The van der Waals surface area contributed by atoms with E-state index in [1.54, 1.807) is 0 Å². The Balaban J connectivity index is 2.57. The van der Waals surface area contributed by atoms with Gasteiger partial charge in [-0.15, -0.1) is 11.3 Å². The fourth-order valence-corrected chi connectivity index (χ4v) is 2.63. The number of hydrogen-bond donors (Lipinski definition) is 2. The van der Waals surface area contributed by atoms with Gasteiger partial charge in [-0.25, -0.2) is 0 Å². The first kappa shape index (κ1) is 12.7. The fourth-order valence-electron chi connectivity index (χ4n) is 1.58. The zero-order valence-corrected chi connectivity index (χ0v) is 10.7. The zero-order chi connectivity index (χ0) is 11.3. The van der Waals surface area contributed by atoms with Gasteiger partial charge in [-0.1, -0.05) is 20.8 Å². The molecule has 0 aliphatic carbocycles. The number of thiophene rings is 1. The number of hydrogen-bond acceptors (Lipinski definition) is 3. The second kappa shape index (κ2) is 6.26. The fraction of sp³-hybridized carbons (Fsp3) is 0.667. The number of aryl methyl sites for hydroxylation is 1. The maximum absolute atomic E-state index is 5.60. The molecule has 1 unspecified atom stereocenters. The van der Waals surface area contributed by atoms with Gasteiger partial charge < -0.3 is 0 Å². The normalized spacial score (nSPS) is 13.4. The zero-order valence-electron chi connectivity index (χ0n) is 9.92. The van der Waals surface area contributed by atoms with Crippen molar-refractivity contribution in [3.05, 3.63) is 21.9 Å². The molecule has 0 aromatic carbocycles. The Bertz CT molecular complexity index is 281. The van der Waals surface area contributed by atoms with E-state index in [4.69, 9.17) is 5.84 Å². The third kappa shape index (κ3) is 3.93. The van der Waals surface area contributed by atoms with E-state index >= 15 is 0 Å². The van der Waals surface area contributed by atoms with E-state index in [1.807, 2.05) is 11.3 Å². The van der Waals surface area contributed by atoms with Crippen molar-refractivity contribution in [2.75, 3.05) is 0 Å². The maximum atomic E-state index is 5.60. The minimum Gasteiger partial charge on any atom is -0.271 e. The van der Waals surface area contributed by atoms with Gasteiger partial charge in [-0.2, -0.15) is 0 Å². The first-order valence-corrected chi connectivity index (χ1v) is 6.53. The van der Waals surface area contributed by atoms with Crippen molar-refractivity contribution < 1.29 is 0 Å². The summed E-state index contributed by atoms with van der Waals surface area (Å²) >= 11 is 1.87. The number of nitrogens with one attached hydrogen (secondary N) is 1. The summed E-state index contributed by atoms with van der Waals surface area (Å²) in [6.07, 6.45) is 3.46. The highest BCUT2D eigenvalue weighted by Gasteiger charge is 2.12. The maximum Gasteiger partial charge on any atom is 0.0553 e. The summed E-state index contributed by atoms with van der Waals surface area (Å²) in [5.74, 6) is 6.34. The third-order valence-corrected chi connectivity index (χ3v) is 3.95. The first-order valence-electron chi connectivity index (χ1n) is 5.72. The average Bonchev–Trinajstić information content (AvgIpc) is 2.67. The number of hydrazine groups is 1. The monoisotopic (exact) mass is 226 g/mol. The molecule has 0 spiro atoms. The summed E-state index contributed by atoms with van der Waals surface area (Å²) in [7, 11) is 0. The van der Waals surface area contributed by atoms with Crippen molar-refractivity contribution in [1.82, 2.24) is 5.43 Å². The third-order valence-electron chi connectivity index (χ3n) is 2.61. The summed E-state index contributed by atoms with van der Waals surface area (Å²) in [5, 5.41) is 0. The quantitative estimate of drug-likeness (QED) is 0.577. The van der Waals surface area contributed by atoms with Crippen LogP contribution >= 0.6 is 11.3 Å². The van der Waals surface area contributed by atoms with Crippen LogP contribution in [-0.4, -0.2) is 0 Å². The van der Waals surface area contributed by atoms with E-state index < -0.39 is 0 Å². The smallest absolute Gasteiger partial charge is 0.0553 e. The molecule has 0 saturated heterocycles. The lowest BCUT2D eigenvalue weighted by molar-refractivity contribution is 0.453. The Morgan fingerprint density at radius 1 is 1.33 bits per heavy atom. The molecule has 3 N–H and O–H groups in total. The van der Waals surface area contributed by atoms with Crippen molar-refractivity contribution in [3.63, 3.8) is 0 Å². The molecule has 0 aliphatic rings. The molecule has 1 atom stereocenters. The van der Waals surface area contributed by atoms with Crippen LogP contribution in [0.4, 0.5) is 0 Å². The van der Waals surface area contributed by atoms with Crippen molar-refractivity contribution in [1.29, 1.82) is 0 Å². The van der Waals surface area contributed by atoms with Crippen molar-refractivity contribution in [2.45, 2.75) is 46.1 Å². The molecule has 0 bridgehead atoms. The highest BCUT2D eigenvalue weighted by atomic mass is 32.1. The molecule has 0 aliphatic heterocycles. The average molecular weight is 226 g/mol. The summed E-state index contributed by atoms with van der Waals surface area (Å²) in [6, 6.07) is 4.74. The van der Waals surface area contributed by atoms with Gasteiger partial charge in [-0.3, -0.25) is 11.3 Å². The Morgan fingerprint density at radius 2 is 2.07 bits per heavy atom. The van der Waals surface area contributed by atoms with Crippen LogP contribution < -0.4 is 11.3 Å². The molecule has 0 radical (unpaired) electrons. The number of nitrogens with two attached hydrogens (primary N) is 1. The van der Waals surface area contributed by atoms with Crippen LogP contribution in [0.15, 0.2) is 12.1 Å². The topological polar surface area (TPSA) is 38.0 Å². The lowest BCUT2D eigenvalue weighted by Gasteiger charge is -2.15. The Morgan fingerprint density at radius 3 is 2.53 bits per heavy atom. The molecule has 0 saturated carbocycles. The van der Waals surface area contributed by atoms with Gasteiger partial charge in [-0.05, 0) is 37.3 Å². The Hall–Kier alpha value is -0.380. The predicted octanol–water partition coefficient (Wildman–Crippen LogP) is 3.25. The molecular formula is C12H22N2S. The van der Waals surface area contributed by atoms with Crippen LogP contribution in [0.2, 0.25) is 0 Å². The van der Waals surface area contributed by atoms with Gasteiger partial charge in [0.2, 0.25) is 0 Å². The molecule has 1 rings (SSSR count). The van der Waals surface area contributed by atoms with Crippen LogP contribution in [0.1, 0.15) is 49.4 Å². The summed E-state index contributed by atoms with van der Waals surface area (Å²) in [5.41, 5.74) is 2.92. The van der Waals surface area contributed by atoms with E-state index in [-0.39, 0.29) is 0 Å². The van der Waals surface area contributed by atoms with E-state index in [1.165, 1.54) is 16.2 Å². The van der Waals surface area contributed by atoms with Gasteiger partial charge in [0.25, 0.3) is 0 Å². The Labute approximate surface area is 96.9 Å². The summed E-state index contributed by atoms with van der Waals surface area (Å²) < 4.78 is 0. The molecule has 1 aromatic rings. The first-order chi connectivity index (χ1) is 7.17. The Kier molecular flexibility index (Phi) is 5.29. The highest BCUT2D eigenvalue weighted by molar-refractivity contribution is 7.12. The molecule has 3 heteroatoms. The molecule has 15 heavy (non-hydrogen) atoms. The lowest BCUT2D eigenvalue weighted by Crippen LogP contribution is -2.27.